The minimum absolute atomic E-state index is 0.00145. The summed E-state index contributed by atoms with van der Waals surface area (Å²) in [5.74, 6) is 0.565. The third-order valence-electron chi connectivity index (χ3n) is 4.30. The standard InChI is InChI=1S/C17H22N2O4S/c1-22-17-6-4-14-11-13(3-5-16(14)18-17)12-19(24(2,20)21)15-7-9-23-10-8-15/h3-6,11,15H,7-10,12H2,1-2H3. The number of hydrogen-bond donors (Lipinski definition) is 0. The first-order valence-corrected chi connectivity index (χ1v) is 9.80. The van der Waals surface area contributed by atoms with Crippen molar-refractivity contribution in [1.82, 2.24) is 9.29 Å². The van der Waals surface area contributed by atoms with Crippen molar-refractivity contribution in [2.45, 2.75) is 25.4 Å². The molecule has 7 heteroatoms. The number of benzene rings is 1. The molecule has 0 saturated carbocycles. The molecule has 0 N–H and O–H groups in total. The molecule has 0 radical (unpaired) electrons. The second-order valence-electron chi connectivity index (χ2n) is 6.03. The maximum atomic E-state index is 12.2. The molecule has 130 valence electrons. The largest absolute Gasteiger partial charge is 0.481 e. The fourth-order valence-corrected chi connectivity index (χ4v) is 4.17. The van der Waals surface area contributed by atoms with Gasteiger partial charge in [0.25, 0.3) is 0 Å². The fourth-order valence-electron chi connectivity index (χ4n) is 3.04. The van der Waals surface area contributed by atoms with Crippen LogP contribution in [0.25, 0.3) is 10.9 Å². The van der Waals surface area contributed by atoms with Crippen LogP contribution in [0.3, 0.4) is 0 Å². The summed E-state index contributed by atoms with van der Waals surface area (Å²) >= 11 is 0. The van der Waals surface area contributed by atoms with E-state index in [9.17, 15) is 8.42 Å². The van der Waals surface area contributed by atoms with Gasteiger partial charge in [0.05, 0.1) is 18.9 Å². The Morgan fingerprint density at radius 2 is 2.00 bits per heavy atom. The van der Waals surface area contributed by atoms with Gasteiger partial charge in [-0.25, -0.2) is 13.4 Å². The van der Waals surface area contributed by atoms with Crippen molar-refractivity contribution in [2.75, 3.05) is 26.6 Å². The van der Waals surface area contributed by atoms with E-state index in [1.807, 2.05) is 24.3 Å². The number of fused-ring (bicyclic) bond motifs is 1. The summed E-state index contributed by atoms with van der Waals surface area (Å²) in [6.45, 7) is 1.59. The lowest BCUT2D eigenvalue weighted by atomic mass is 10.1. The van der Waals surface area contributed by atoms with Gasteiger partial charge in [0.1, 0.15) is 0 Å². The van der Waals surface area contributed by atoms with Crippen molar-refractivity contribution < 1.29 is 17.9 Å². The van der Waals surface area contributed by atoms with E-state index < -0.39 is 10.0 Å². The molecule has 0 spiro atoms. The second kappa shape index (κ2) is 7.04. The van der Waals surface area contributed by atoms with Crippen LogP contribution in [0.15, 0.2) is 30.3 Å². The van der Waals surface area contributed by atoms with Gasteiger partial charge in [-0.1, -0.05) is 6.07 Å². The monoisotopic (exact) mass is 350 g/mol. The van der Waals surface area contributed by atoms with Crippen LogP contribution in [0.2, 0.25) is 0 Å². The first-order chi connectivity index (χ1) is 11.5. The quantitative estimate of drug-likeness (QED) is 0.827. The molecular weight excluding hydrogens is 328 g/mol. The third kappa shape index (κ3) is 3.85. The van der Waals surface area contributed by atoms with E-state index >= 15 is 0 Å². The maximum absolute atomic E-state index is 12.2. The Bertz CT molecular complexity index is 816. The van der Waals surface area contributed by atoms with Gasteiger partial charge in [-0.05, 0) is 36.6 Å². The topological polar surface area (TPSA) is 68.7 Å². The van der Waals surface area contributed by atoms with Crippen molar-refractivity contribution in [2.24, 2.45) is 0 Å². The lowest BCUT2D eigenvalue weighted by molar-refractivity contribution is 0.0571. The summed E-state index contributed by atoms with van der Waals surface area (Å²) in [6, 6.07) is 9.55. The number of ether oxygens (including phenoxy) is 2. The Morgan fingerprint density at radius 3 is 2.67 bits per heavy atom. The predicted octanol–water partition coefficient (Wildman–Crippen LogP) is 2.18. The van der Waals surface area contributed by atoms with Gasteiger partial charge in [0.15, 0.2) is 0 Å². The average molecular weight is 350 g/mol. The van der Waals surface area contributed by atoms with Gasteiger partial charge in [0.2, 0.25) is 15.9 Å². The summed E-state index contributed by atoms with van der Waals surface area (Å²) in [6.07, 6.45) is 2.74. The zero-order chi connectivity index (χ0) is 17.2. The Morgan fingerprint density at radius 1 is 1.25 bits per heavy atom. The van der Waals surface area contributed by atoms with Crippen molar-refractivity contribution in [3.05, 3.63) is 35.9 Å². The summed E-state index contributed by atoms with van der Waals surface area (Å²) in [4.78, 5) is 4.38. The van der Waals surface area contributed by atoms with Crippen LogP contribution in [-0.2, 0) is 21.3 Å². The molecule has 1 saturated heterocycles. The summed E-state index contributed by atoms with van der Waals surface area (Å²) in [5, 5.41) is 0.966. The number of rotatable bonds is 5. The van der Waals surface area contributed by atoms with Crippen LogP contribution in [0.1, 0.15) is 18.4 Å². The van der Waals surface area contributed by atoms with E-state index in [2.05, 4.69) is 4.98 Å². The molecule has 1 aliphatic rings. The SMILES string of the molecule is COc1ccc2cc(CN(C3CCOCC3)S(C)(=O)=O)ccc2n1. The molecule has 2 heterocycles. The van der Waals surface area contributed by atoms with E-state index in [1.165, 1.54) is 6.26 Å². The molecule has 1 aromatic carbocycles. The van der Waals surface area contributed by atoms with Gasteiger partial charge in [-0.2, -0.15) is 4.31 Å². The van der Waals surface area contributed by atoms with E-state index in [0.29, 0.717) is 25.6 Å². The molecule has 0 amide bonds. The predicted molar refractivity (Wildman–Crippen MR) is 92.5 cm³/mol. The highest BCUT2D eigenvalue weighted by Gasteiger charge is 2.28. The van der Waals surface area contributed by atoms with Gasteiger partial charge < -0.3 is 9.47 Å². The molecule has 0 aliphatic carbocycles. The van der Waals surface area contributed by atoms with Crippen LogP contribution in [0.5, 0.6) is 5.88 Å². The highest BCUT2D eigenvalue weighted by atomic mass is 32.2. The van der Waals surface area contributed by atoms with Gasteiger partial charge in [-0.3, -0.25) is 0 Å². The Kier molecular flexibility index (Phi) is 5.03. The molecule has 0 bridgehead atoms. The molecular formula is C17H22N2O4S. The van der Waals surface area contributed by atoms with Crippen LogP contribution in [0.4, 0.5) is 0 Å². The summed E-state index contributed by atoms with van der Waals surface area (Å²) < 4.78 is 36.5. The first kappa shape index (κ1) is 17.1. The van der Waals surface area contributed by atoms with Gasteiger partial charge in [-0.15, -0.1) is 0 Å². The fraction of sp³-hybridized carbons (Fsp3) is 0.471. The van der Waals surface area contributed by atoms with Crippen LogP contribution in [0, 0.1) is 0 Å². The molecule has 1 aliphatic heterocycles. The van der Waals surface area contributed by atoms with E-state index in [-0.39, 0.29) is 6.04 Å². The van der Waals surface area contributed by atoms with E-state index in [0.717, 1.165) is 29.3 Å². The maximum Gasteiger partial charge on any atom is 0.213 e. The van der Waals surface area contributed by atoms with Gasteiger partial charge >= 0.3 is 0 Å². The zero-order valence-corrected chi connectivity index (χ0v) is 14.8. The minimum atomic E-state index is -3.28. The molecule has 1 fully saturated rings. The molecule has 0 atom stereocenters. The van der Waals surface area contributed by atoms with Crippen molar-refractivity contribution in [1.29, 1.82) is 0 Å². The molecule has 1 aromatic heterocycles. The number of sulfonamides is 1. The van der Waals surface area contributed by atoms with Crippen molar-refractivity contribution in [3.63, 3.8) is 0 Å². The molecule has 0 unspecified atom stereocenters. The normalized spacial score (nSPS) is 16.6. The Labute approximate surface area is 142 Å². The third-order valence-corrected chi connectivity index (χ3v) is 5.58. The van der Waals surface area contributed by atoms with Crippen molar-refractivity contribution >= 4 is 20.9 Å². The van der Waals surface area contributed by atoms with Crippen LogP contribution >= 0.6 is 0 Å². The van der Waals surface area contributed by atoms with Gasteiger partial charge in [0, 0.05) is 37.3 Å². The molecule has 3 rings (SSSR count). The Hall–Kier alpha value is -1.70. The number of aromatic nitrogens is 1. The highest BCUT2D eigenvalue weighted by molar-refractivity contribution is 7.88. The number of hydrogen-bond acceptors (Lipinski definition) is 5. The molecule has 6 nitrogen and oxygen atoms in total. The lowest BCUT2D eigenvalue weighted by Crippen LogP contribution is -2.42. The number of pyridine rings is 1. The van der Waals surface area contributed by atoms with Crippen LogP contribution < -0.4 is 4.74 Å². The molecule has 24 heavy (non-hydrogen) atoms. The first-order valence-electron chi connectivity index (χ1n) is 7.95. The lowest BCUT2D eigenvalue weighted by Gasteiger charge is -2.32. The van der Waals surface area contributed by atoms with E-state index in [1.54, 1.807) is 17.5 Å². The number of nitrogens with zero attached hydrogens (tertiary/aromatic N) is 2. The smallest absolute Gasteiger partial charge is 0.213 e. The van der Waals surface area contributed by atoms with Crippen molar-refractivity contribution in [3.8, 4) is 5.88 Å². The van der Waals surface area contributed by atoms with Crippen LogP contribution in [-0.4, -0.2) is 50.3 Å². The number of methoxy groups -OCH3 is 1. The summed E-state index contributed by atoms with van der Waals surface area (Å²) in [7, 11) is -1.70. The second-order valence-corrected chi connectivity index (χ2v) is 7.97. The average Bonchev–Trinajstić information content (AvgIpc) is 2.59. The Balaban J connectivity index is 1.87. The zero-order valence-electron chi connectivity index (χ0n) is 13.9. The highest BCUT2D eigenvalue weighted by Crippen LogP contribution is 2.23. The summed E-state index contributed by atoms with van der Waals surface area (Å²) in [5.41, 5.74) is 1.78. The van der Waals surface area contributed by atoms with E-state index in [4.69, 9.17) is 9.47 Å². The molecule has 2 aromatic rings. The minimum Gasteiger partial charge on any atom is -0.481 e.